The molecule has 0 saturated carbocycles. The van der Waals surface area contributed by atoms with Crippen molar-refractivity contribution >= 4 is 10.8 Å². The predicted octanol–water partition coefficient (Wildman–Crippen LogP) is 7.70. The van der Waals surface area contributed by atoms with Gasteiger partial charge in [0.15, 0.2) is 0 Å². The van der Waals surface area contributed by atoms with E-state index in [4.69, 9.17) is 0 Å². The summed E-state index contributed by atoms with van der Waals surface area (Å²) in [6.07, 6.45) is 3.43. The van der Waals surface area contributed by atoms with Gasteiger partial charge < -0.3 is 0 Å². The second-order valence-electron chi connectivity index (χ2n) is 7.78. The molecule has 0 amide bonds. The molecule has 1 heteroatoms. The van der Waals surface area contributed by atoms with Gasteiger partial charge in [-0.1, -0.05) is 85.3 Å². The van der Waals surface area contributed by atoms with E-state index in [0.717, 1.165) is 28.5 Å². The maximum atomic E-state index is 15.2. The summed E-state index contributed by atoms with van der Waals surface area (Å²) in [4.78, 5) is 0. The Morgan fingerprint density at radius 2 is 1.47 bits per heavy atom. The van der Waals surface area contributed by atoms with Gasteiger partial charge in [-0.15, -0.1) is 0 Å². The van der Waals surface area contributed by atoms with E-state index in [-0.39, 0.29) is 5.82 Å². The molecule has 148 valence electrons. The van der Waals surface area contributed by atoms with E-state index in [1.165, 1.54) is 24.0 Å². The Bertz CT molecular complexity index is 1220. The lowest BCUT2D eigenvalue weighted by Crippen LogP contribution is -1.89. The Hall–Kier alpha value is -3.37. The molecule has 0 aliphatic rings. The van der Waals surface area contributed by atoms with Gasteiger partial charge in [0.2, 0.25) is 0 Å². The fraction of sp³-hybridized carbons (Fsp3) is 0.172. The minimum absolute atomic E-state index is 0.174. The molecule has 0 atom stereocenters. The van der Waals surface area contributed by atoms with Crippen LogP contribution in [0, 0.1) is 24.6 Å². The number of aryl methyl sites for hydroxylation is 2. The molecule has 4 aromatic carbocycles. The Labute approximate surface area is 178 Å². The first-order valence-electron chi connectivity index (χ1n) is 10.5. The lowest BCUT2D eigenvalue weighted by atomic mass is 9.97. The van der Waals surface area contributed by atoms with Crippen LogP contribution in [0.25, 0.3) is 21.9 Å². The van der Waals surface area contributed by atoms with Gasteiger partial charge in [-0.2, -0.15) is 0 Å². The summed E-state index contributed by atoms with van der Waals surface area (Å²) >= 11 is 0. The second kappa shape index (κ2) is 8.97. The van der Waals surface area contributed by atoms with Gasteiger partial charge in [0.05, 0.1) is 0 Å². The fourth-order valence-electron chi connectivity index (χ4n) is 3.61. The maximum Gasteiger partial charge on any atom is 0.138 e. The molecule has 4 aromatic rings. The Morgan fingerprint density at radius 3 is 2.20 bits per heavy atom. The largest absolute Gasteiger partial charge is 0.206 e. The van der Waals surface area contributed by atoms with Crippen molar-refractivity contribution in [3.8, 4) is 23.0 Å². The molecule has 0 aliphatic heterocycles. The molecule has 0 aromatic heterocycles. The minimum atomic E-state index is -0.174. The van der Waals surface area contributed by atoms with Crippen LogP contribution in [0.3, 0.4) is 0 Å². The summed E-state index contributed by atoms with van der Waals surface area (Å²) in [7, 11) is 0. The van der Waals surface area contributed by atoms with Crippen molar-refractivity contribution in [1.29, 1.82) is 0 Å². The highest BCUT2D eigenvalue weighted by molar-refractivity contribution is 5.89. The van der Waals surface area contributed by atoms with Crippen molar-refractivity contribution in [2.75, 3.05) is 0 Å². The fourth-order valence-corrected chi connectivity index (χ4v) is 3.61. The highest BCUT2D eigenvalue weighted by Crippen LogP contribution is 2.30. The third kappa shape index (κ3) is 4.44. The SMILES string of the molecule is CCCCc1ccc(-c2ccc3cc(C#Cc4ccc(C)cc4)ccc3c2F)cc1. The van der Waals surface area contributed by atoms with E-state index in [1.807, 2.05) is 54.6 Å². The molecule has 0 bridgehead atoms. The average molecular weight is 393 g/mol. The summed E-state index contributed by atoms with van der Waals surface area (Å²) < 4.78 is 15.2. The Kier molecular flexibility index (Phi) is 5.96. The normalized spacial score (nSPS) is 10.6. The lowest BCUT2D eigenvalue weighted by Gasteiger charge is -2.09. The monoisotopic (exact) mass is 392 g/mol. The second-order valence-corrected chi connectivity index (χ2v) is 7.78. The third-order valence-electron chi connectivity index (χ3n) is 5.44. The van der Waals surface area contributed by atoms with Gasteiger partial charge >= 0.3 is 0 Å². The zero-order chi connectivity index (χ0) is 20.9. The van der Waals surface area contributed by atoms with Crippen LogP contribution in [0.2, 0.25) is 0 Å². The number of hydrogen-bond acceptors (Lipinski definition) is 0. The van der Waals surface area contributed by atoms with Crippen molar-refractivity contribution in [2.24, 2.45) is 0 Å². The van der Waals surface area contributed by atoms with E-state index in [9.17, 15) is 0 Å². The standard InChI is InChI=1S/C29H25F/c1-3-4-5-22-12-15-25(16-13-22)27-19-17-26-20-24(14-18-28(26)29(27)30)11-10-23-8-6-21(2)7-9-23/h6-9,12-20H,3-5H2,1-2H3. The number of halogens is 1. The van der Waals surface area contributed by atoms with Crippen LogP contribution in [-0.4, -0.2) is 0 Å². The van der Waals surface area contributed by atoms with Crippen molar-refractivity contribution in [3.05, 3.63) is 107 Å². The number of benzene rings is 4. The highest BCUT2D eigenvalue weighted by Gasteiger charge is 2.10. The van der Waals surface area contributed by atoms with E-state index < -0.39 is 0 Å². The quantitative estimate of drug-likeness (QED) is 0.312. The first kappa shape index (κ1) is 19.9. The molecule has 0 N–H and O–H groups in total. The maximum absolute atomic E-state index is 15.2. The summed E-state index contributed by atoms with van der Waals surface area (Å²) in [5.74, 6) is 6.20. The van der Waals surface area contributed by atoms with Crippen molar-refractivity contribution < 1.29 is 4.39 Å². The van der Waals surface area contributed by atoms with E-state index in [0.29, 0.717) is 10.9 Å². The van der Waals surface area contributed by atoms with E-state index in [2.05, 4.69) is 50.0 Å². The first-order valence-corrected chi connectivity index (χ1v) is 10.5. The van der Waals surface area contributed by atoms with Gasteiger partial charge in [-0.3, -0.25) is 0 Å². The molecule has 0 radical (unpaired) electrons. The molecule has 0 nitrogen and oxygen atoms in total. The van der Waals surface area contributed by atoms with Gasteiger partial charge in [0.1, 0.15) is 5.82 Å². The molecule has 0 unspecified atom stereocenters. The number of fused-ring (bicyclic) bond motifs is 1. The van der Waals surface area contributed by atoms with Crippen molar-refractivity contribution in [1.82, 2.24) is 0 Å². The Morgan fingerprint density at radius 1 is 0.767 bits per heavy atom. The van der Waals surface area contributed by atoms with Gasteiger partial charge in [-0.05, 0) is 60.5 Å². The average Bonchev–Trinajstić information content (AvgIpc) is 2.78. The van der Waals surface area contributed by atoms with Crippen LogP contribution in [0.15, 0.2) is 78.9 Å². The van der Waals surface area contributed by atoms with E-state index >= 15 is 4.39 Å². The summed E-state index contributed by atoms with van der Waals surface area (Å²) in [5.41, 5.74) is 5.94. The van der Waals surface area contributed by atoms with Crippen LogP contribution in [0.1, 0.15) is 42.0 Å². The molecule has 0 saturated heterocycles. The van der Waals surface area contributed by atoms with Crippen LogP contribution < -0.4 is 0 Å². The summed E-state index contributed by atoms with van der Waals surface area (Å²) in [6, 6.07) is 25.9. The summed E-state index contributed by atoms with van der Waals surface area (Å²) in [5, 5.41) is 1.50. The molecule has 0 aliphatic carbocycles. The molecular formula is C29H25F. The predicted molar refractivity (Wildman–Crippen MR) is 125 cm³/mol. The zero-order valence-corrected chi connectivity index (χ0v) is 17.5. The van der Waals surface area contributed by atoms with E-state index in [1.54, 1.807) is 0 Å². The van der Waals surface area contributed by atoms with Gasteiger partial charge in [0, 0.05) is 22.1 Å². The van der Waals surface area contributed by atoms with Crippen molar-refractivity contribution in [3.63, 3.8) is 0 Å². The minimum Gasteiger partial charge on any atom is -0.206 e. The molecule has 30 heavy (non-hydrogen) atoms. The molecule has 4 rings (SSSR count). The highest BCUT2D eigenvalue weighted by atomic mass is 19.1. The third-order valence-corrected chi connectivity index (χ3v) is 5.44. The molecule has 0 heterocycles. The van der Waals surface area contributed by atoms with Crippen LogP contribution >= 0.6 is 0 Å². The topological polar surface area (TPSA) is 0 Å². The van der Waals surface area contributed by atoms with Crippen LogP contribution in [0.5, 0.6) is 0 Å². The van der Waals surface area contributed by atoms with Crippen LogP contribution in [0.4, 0.5) is 4.39 Å². The summed E-state index contributed by atoms with van der Waals surface area (Å²) in [6.45, 7) is 4.25. The van der Waals surface area contributed by atoms with Gasteiger partial charge in [0.25, 0.3) is 0 Å². The Balaban J connectivity index is 1.62. The number of hydrogen-bond donors (Lipinski definition) is 0. The number of unbranched alkanes of at least 4 members (excludes halogenated alkanes) is 1. The lowest BCUT2D eigenvalue weighted by molar-refractivity contribution is 0.643. The van der Waals surface area contributed by atoms with Crippen LogP contribution in [-0.2, 0) is 6.42 Å². The van der Waals surface area contributed by atoms with Gasteiger partial charge in [-0.25, -0.2) is 4.39 Å². The number of rotatable bonds is 4. The van der Waals surface area contributed by atoms with Crippen molar-refractivity contribution in [2.45, 2.75) is 33.1 Å². The smallest absolute Gasteiger partial charge is 0.138 e. The first-order chi connectivity index (χ1) is 14.6. The molecule has 0 fully saturated rings. The zero-order valence-electron chi connectivity index (χ0n) is 17.5. The molecular weight excluding hydrogens is 367 g/mol. The molecule has 0 spiro atoms.